The molecule has 1 saturated heterocycles. The lowest BCUT2D eigenvalue weighted by atomic mass is 9.97. The molecule has 1 aliphatic heterocycles. The van der Waals surface area contributed by atoms with E-state index in [0.29, 0.717) is 6.54 Å². The lowest BCUT2D eigenvalue weighted by molar-refractivity contribution is -0.147. The second kappa shape index (κ2) is 8.19. The second-order valence-corrected chi connectivity index (χ2v) is 6.23. The van der Waals surface area contributed by atoms with Gasteiger partial charge in [0.1, 0.15) is 0 Å². The van der Waals surface area contributed by atoms with Crippen LogP contribution in [-0.4, -0.2) is 49.8 Å². The van der Waals surface area contributed by atoms with Crippen LogP contribution in [0, 0.1) is 5.92 Å². The minimum Gasteiger partial charge on any atom is -0.469 e. The number of nitrogens with zero attached hydrogens (tertiary/aromatic N) is 1. The smallest absolute Gasteiger partial charge is 0.308 e. The molecule has 5 nitrogen and oxygen atoms in total. The first-order chi connectivity index (χ1) is 10.6. The largest absolute Gasteiger partial charge is 0.469 e. The number of hydrogen-bond donors (Lipinski definition) is 1. The Bertz CT molecular complexity index is 528. The van der Waals surface area contributed by atoms with Crippen molar-refractivity contribution in [3.05, 3.63) is 24.3 Å². The molecule has 2 rings (SSSR count). The average Bonchev–Trinajstić information content (AvgIpc) is 2.55. The second-order valence-electron chi connectivity index (χ2n) is 5.35. The summed E-state index contributed by atoms with van der Waals surface area (Å²) in [5.41, 5.74) is 0.821. The Kier molecular flexibility index (Phi) is 6.27. The maximum absolute atomic E-state index is 12.1. The van der Waals surface area contributed by atoms with Crippen molar-refractivity contribution >= 4 is 29.3 Å². The van der Waals surface area contributed by atoms with Gasteiger partial charge in [-0.1, -0.05) is 6.07 Å². The van der Waals surface area contributed by atoms with Crippen molar-refractivity contribution in [3.63, 3.8) is 0 Å². The van der Waals surface area contributed by atoms with Crippen LogP contribution in [0.25, 0.3) is 0 Å². The number of hydrogen-bond acceptors (Lipinski definition) is 5. The molecule has 1 heterocycles. The van der Waals surface area contributed by atoms with Gasteiger partial charge < -0.3 is 10.1 Å². The zero-order chi connectivity index (χ0) is 15.9. The molecule has 120 valence electrons. The van der Waals surface area contributed by atoms with Crippen molar-refractivity contribution in [2.45, 2.75) is 17.7 Å². The molecule has 1 aromatic rings. The zero-order valence-electron chi connectivity index (χ0n) is 13.0. The number of methoxy groups -OCH3 is 1. The van der Waals surface area contributed by atoms with Gasteiger partial charge in [0.05, 0.1) is 19.6 Å². The van der Waals surface area contributed by atoms with Crippen molar-refractivity contribution in [2.24, 2.45) is 5.92 Å². The number of likely N-dealkylation sites (tertiary alicyclic amines) is 1. The van der Waals surface area contributed by atoms with E-state index in [-0.39, 0.29) is 17.8 Å². The molecule has 0 spiro atoms. The molecule has 0 unspecified atom stereocenters. The normalized spacial score (nSPS) is 16.3. The van der Waals surface area contributed by atoms with E-state index >= 15 is 0 Å². The van der Waals surface area contributed by atoms with E-state index in [1.807, 2.05) is 30.5 Å². The molecule has 0 saturated carbocycles. The molecule has 22 heavy (non-hydrogen) atoms. The fraction of sp³-hybridized carbons (Fsp3) is 0.500. The first-order valence-electron chi connectivity index (χ1n) is 7.36. The van der Waals surface area contributed by atoms with Crippen LogP contribution in [0.15, 0.2) is 29.2 Å². The van der Waals surface area contributed by atoms with Crippen LogP contribution in [0.3, 0.4) is 0 Å². The molecule has 0 aromatic heterocycles. The molecule has 0 bridgehead atoms. The summed E-state index contributed by atoms with van der Waals surface area (Å²) < 4.78 is 4.77. The van der Waals surface area contributed by atoms with Crippen LogP contribution in [0.2, 0.25) is 0 Å². The third kappa shape index (κ3) is 4.74. The maximum Gasteiger partial charge on any atom is 0.308 e. The van der Waals surface area contributed by atoms with Crippen LogP contribution in [0.4, 0.5) is 5.69 Å². The van der Waals surface area contributed by atoms with Gasteiger partial charge in [0.2, 0.25) is 5.91 Å². The summed E-state index contributed by atoms with van der Waals surface area (Å²) in [5.74, 6) is -0.185. The lowest BCUT2D eigenvalue weighted by Gasteiger charge is -2.29. The van der Waals surface area contributed by atoms with E-state index in [9.17, 15) is 9.59 Å². The molecular formula is C16H22N2O3S. The molecular weight excluding hydrogens is 300 g/mol. The molecule has 1 amide bonds. The van der Waals surface area contributed by atoms with Gasteiger partial charge in [0, 0.05) is 10.6 Å². The Morgan fingerprint density at radius 1 is 1.36 bits per heavy atom. The molecule has 0 radical (unpaired) electrons. The number of benzene rings is 1. The molecule has 1 N–H and O–H groups in total. The minimum atomic E-state index is -0.141. The lowest BCUT2D eigenvalue weighted by Crippen LogP contribution is -2.41. The van der Waals surface area contributed by atoms with E-state index < -0.39 is 0 Å². The topological polar surface area (TPSA) is 58.6 Å². The SMILES string of the molecule is COC(=O)C1CCN(CC(=O)Nc2cccc(SC)c2)CC1. The predicted octanol–water partition coefficient (Wildman–Crippen LogP) is 2.23. The molecule has 6 heteroatoms. The molecule has 1 aromatic carbocycles. The zero-order valence-corrected chi connectivity index (χ0v) is 13.8. The van der Waals surface area contributed by atoms with Crippen LogP contribution in [0.1, 0.15) is 12.8 Å². The van der Waals surface area contributed by atoms with Crippen LogP contribution >= 0.6 is 11.8 Å². The van der Waals surface area contributed by atoms with Crippen molar-refractivity contribution < 1.29 is 14.3 Å². The standard InChI is InChI=1S/C16H22N2O3S/c1-21-16(20)12-6-8-18(9-7-12)11-15(19)17-13-4-3-5-14(10-13)22-2/h3-5,10,12H,6-9,11H2,1-2H3,(H,17,19). The summed E-state index contributed by atoms with van der Waals surface area (Å²) in [4.78, 5) is 26.8. The van der Waals surface area contributed by atoms with Crippen LogP contribution < -0.4 is 5.32 Å². The number of nitrogens with one attached hydrogen (secondary N) is 1. The number of esters is 1. The molecule has 1 fully saturated rings. The van der Waals surface area contributed by atoms with Gasteiger partial charge in [0.25, 0.3) is 0 Å². The van der Waals surface area contributed by atoms with E-state index in [2.05, 4.69) is 10.2 Å². The number of carbonyl (C=O) groups excluding carboxylic acids is 2. The van der Waals surface area contributed by atoms with Gasteiger partial charge in [-0.25, -0.2) is 0 Å². The number of thioether (sulfide) groups is 1. The van der Waals surface area contributed by atoms with Gasteiger partial charge in [-0.3, -0.25) is 14.5 Å². The summed E-state index contributed by atoms with van der Waals surface area (Å²) in [6, 6.07) is 7.80. The van der Waals surface area contributed by atoms with Crippen molar-refractivity contribution in [1.29, 1.82) is 0 Å². The average molecular weight is 322 g/mol. The van der Waals surface area contributed by atoms with Gasteiger partial charge >= 0.3 is 5.97 Å². The summed E-state index contributed by atoms with van der Waals surface area (Å²) in [5, 5.41) is 2.92. The molecule has 0 atom stereocenters. The third-order valence-corrected chi connectivity index (χ3v) is 4.57. The highest BCUT2D eigenvalue weighted by molar-refractivity contribution is 7.98. The minimum absolute atomic E-state index is 0.0187. The van der Waals surface area contributed by atoms with Gasteiger partial charge in [-0.15, -0.1) is 11.8 Å². The quantitative estimate of drug-likeness (QED) is 0.665. The maximum atomic E-state index is 12.1. The van der Waals surface area contributed by atoms with Crippen molar-refractivity contribution in [2.75, 3.05) is 38.3 Å². The third-order valence-electron chi connectivity index (χ3n) is 3.84. The summed E-state index contributed by atoms with van der Waals surface area (Å²) in [7, 11) is 1.42. The van der Waals surface area contributed by atoms with E-state index in [4.69, 9.17) is 4.74 Å². The van der Waals surface area contributed by atoms with Crippen LogP contribution in [-0.2, 0) is 14.3 Å². The number of ether oxygens (including phenoxy) is 1. The Morgan fingerprint density at radius 2 is 2.09 bits per heavy atom. The summed E-state index contributed by atoms with van der Waals surface area (Å²) in [6.45, 7) is 1.85. The monoisotopic (exact) mass is 322 g/mol. The Morgan fingerprint density at radius 3 is 2.73 bits per heavy atom. The number of carbonyl (C=O) groups is 2. The van der Waals surface area contributed by atoms with Gasteiger partial charge in [-0.2, -0.15) is 0 Å². The molecule has 1 aliphatic rings. The highest BCUT2D eigenvalue weighted by Crippen LogP contribution is 2.20. The number of amides is 1. The van der Waals surface area contributed by atoms with E-state index in [1.54, 1.807) is 11.8 Å². The van der Waals surface area contributed by atoms with Gasteiger partial charge in [0.15, 0.2) is 0 Å². The van der Waals surface area contributed by atoms with Gasteiger partial charge in [-0.05, 0) is 50.4 Å². The Labute approximate surface area is 135 Å². The predicted molar refractivity (Wildman–Crippen MR) is 88.0 cm³/mol. The first-order valence-corrected chi connectivity index (χ1v) is 8.59. The van der Waals surface area contributed by atoms with E-state index in [0.717, 1.165) is 36.5 Å². The Balaban J connectivity index is 1.79. The summed E-state index contributed by atoms with van der Waals surface area (Å²) in [6.07, 6.45) is 3.51. The fourth-order valence-electron chi connectivity index (χ4n) is 2.60. The van der Waals surface area contributed by atoms with Crippen molar-refractivity contribution in [1.82, 2.24) is 4.90 Å². The summed E-state index contributed by atoms with van der Waals surface area (Å²) >= 11 is 1.65. The highest BCUT2D eigenvalue weighted by Gasteiger charge is 2.26. The number of rotatable bonds is 5. The molecule has 0 aliphatic carbocycles. The van der Waals surface area contributed by atoms with Crippen molar-refractivity contribution in [3.8, 4) is 0 Å². The number of piperidine rings is 1. The fourth-order valence-corrected chi connectivity index (χ4v) is 3.06. The van der Waals surface area contributed by atoms with E-state index in [1.165, 1.54) is 7.11 Å². The first kappa shape index (κ1) is 16.8. The number of anilines is 1. The Hall–Kier alpha value is -1.53. The highest BCUT2D eigenvalue weighted by atomic mass is 32.2. The van der Waals surface area contributed by atoms with Crippen LogP contribution in [0.5, 0.6) is 0 Å².